The van der Waals surface area contributed by atoms with Crippen LogP contribution in [-0.2, 0) is 11.3 Å². The first kappa shape index (κ1) is 14.8. The number of amides is 1. The third-order valence-electron chi connectivity index (χ3n) is 3.54. The summed E-state index contributed by atoms with van der Waals surface area (Å²) < 4.78 is 9.73. The van der Waals surface area contributed by atoms with Crippen LogP contribution in [0, 0.1) is 0 Å². The molecular formula is C18H15NO4. The Bertz CT molecular complexity index is 861. The highest BCUT2D eigenvalue weighted by Gasteiger charge is 2.15. The van der Waals surface area contributed by atoms with Crippen molar-refractivity contribution in [3.05, 3.63) is 71.7 Å². The molecule has 1 amide bonds. The number of furan rings is 1. The van der Waals surface area contributed by atoms with Crippen molar-refractivity contribution in [3.63, 3.8) is 0 Å². The number of benzene rings is 2. The number of carbonyl (C=O) groups excluding carboxylic acids is 2. The van der Waals surface area contributed by atoms with Crippen LogP contribution in [0.1, 0.15) is 26.7 Å². The van der Waals surface area contributed by atoms with Crippen LogP contribution in [0.25, 0.3) is 10.8 Å². The van der Waals surface area contributed by atoms with Crippen LogP contribution in [0.2, 0.25) is 0 Å². The van der Waals surface area contributed by atoms with Gasteiger partial charge in [0.1, 0.15) is 0 Å². The molecule has 2 aromatic carbocycles. The highest BCUT2D eigenvalue weighted by atomic mass is 16.5. The number of carbonyl (C=O) groups is 2. The summed E-state index contributed by atoms with van der Waals surface area (Å²) in [6.45, 7) is 0.369. The number of nitrogens with one attached hydrogen (secondary N) is 1. The number of esters is 1. The van der Waals surface area contributed by atoms with Crippen LogP contribution in [0.5, 0.6) is 0 Å². The molecule has 0 aliphatic rings. The van der Waals surface area contributed by atoms with E-state index in [1.54, 1.807) is 0 Å². The van der Waals surface area contributed by atoms with E-state index in [2.05, 4.69) is 10.1 Å². The summed E-state index contributed by atoms with van der Waals surface area (Å²) in [7, 11) is 1.26. The van der Waals surface area contributed by atoms with Gasteiger partial charge in [-0.1, -0.05) is 42.5 Å². The van der Waals surface area contributed by atoms with Gasteiger partial charge in [0.2, 0.25) is 5.76 Å². The zero-order valence-corrected chi connectivity index (χ0v) is 12.5. The Morgan fingerprint density at radius 3 is 2.57 bits per heavy atom. The lowest BCUT2D eigenvalue weighted by Crippen LogP contribution is -2.22. The lowest BCUT2D eigenvalue weighted by molar-refractivity contribution is 0.0562. The molecule has 0 unspecified atom stereocenters. The van der Waals surface area contributed by atoms with Crippen LogP contribution in [0.3, 0.4) is 0 Å². The molecule has 23 heavy (non-hydrogen) atoms. The predicted octanol–water partition coefficient (Wildman–Crippen LogP) is 3.15. The Morgan fingerprint density at radius 2 is 1.74 bits per heavy atom. The Labute approximate surface area is 132 Å². The van der Waals surface area contributed by atoms with E-state index in [1.165, 1.54) is 19.2 Å². The SMILES string of the molecule is COC(=O)c1ccc(C(=O)NCc2cccc3ccccc23)o1. The summed E-state index contributed by atoms with van der Waals surface area (Å²) in [4.78, 5) is 23.4. The maximum absolute atomic E-state index is 12.1. The molecule has 0 fully saturated rings. The van der Waals surface area contributed by atoms with Gasteiger partial charge in [0.05, 0.1) is 7.11 Å². The van der Waals surface area contributed by atoms with Crippen LogP contribution in [-0.4, -0.2) is 19.0 Å². The second-order valence-corrected chi connectivity index (χ2v) is 4.98. The van der Waals surface area contributed by atoms with Gasteiger partial charge in [0, 0.05) is 6.54 Å². The normalized spacial score (nSPS) is 10.5. The number of methoxy groups -OCH3 is 1. The lowest BCUT2D eigenvalue weighted by Gasteiger charge is -2.07. The minimum atomic E-state index is -0.613. The van der Waals surface area contributed by atoms with E-state index < -0.39 is 5.97 Å². The monoisotopic (exact) mass is 309 g/mol. The first-order valence-corrected chi connectivity index (χ1v) is 7.12. The molecule has 116 valence electrons. The van der Waals surface area contributed by atoms with Gasteiger partial charge in [-0.15, -0.1) is 0 Å². The predicted molar refractivity (Wildman–Crippen MR) is 85.2 cm³/mol. The van der Waals surface area contributed by atoms with Crippen LogP contribution in [0.15, 0.2) is 59.0 Å². The number of hydrogen-bond donors (Lipinski definition) is 1. The number of fused-ring (bicyclic) bond motifs is 1. The van der Waals surface area contributed by atoms with Crippen molar-refractivity contribution in [2.75, 3.05) is 7.11 Å². The van der Waals surface area contributed by atoms with Gasteiger partial charge >= 0.3 is 5.97 Å². The van der Waals surface area contributed by atoms with Crippen LogP contribution < -0.4 is 5.32 Å². The van der Waals surface area contributed by atoms with E-state index in [0.717, 1.165) is 16.3 Å². The molecule has 5 heteroatoms. The molecule has 0 aliphatic carbocycles. The number of ether oxygens (including phenoxy) is 1. The first-order chi connectivity index (χ1) is 11.2. The van der Waals surface area contributed by atoms with E-state index >= 15 is 0 Å². The Balaban J connectivity index is 1.73. The molecule has 0 saturated heterocycles. The summed E-state index contributed by atoms with van der Waals surface area (Å²) in [5, 5.41) is 5.00. The number of hydrogen-bond acceptors (Lipinski definition) is 4. The summed E-state index contributed by atoms with van der Waals surface area (Å²) >= 11 is 0. The average Bonchev–Trinajstić information content (AvgIpc) is 3.09. The van der Waals surface area contributed by atoms with E-state index in [1.807, 2.05) is 42.5 Å². The molecule has 0 saturated carbocycles. The molecule has 3 rings (SSSR count). The second-order valence-electron chi connectivity index (χ2n) is 4.98. The Morgan fingerprint density at radius 1 is 1.00 bits per heavy atom. The summed E-state index contributed by atoms with van der Waals surface area (Å²) in [6.07, 6.45) is 0. The maximum Gasteiger partial charge on any atom is 0.373 e. The molecule has 1 N–H and O–H groups in total. The van der Waals surface area contributed by atoms with E-state index in [-0.39, 0.29) is 17.4 Å². The van der Waals surface area contributed by atoms with Crippen molar-refractivity contribution >= 4 is 22.6 Å². The largest absolute Gasteiger partial charge is 0.463 e. The fourth-order valence-corrected chi connectivity index (χ4v) is 2.38. The highest BCUT2D eigenvalue weighted by molar-refractivity contribution is 5.94. The van der Waals surface area contributed by atoms with Crippen molar-refractivity contribution in [1.82, 2.24) is 5.32 Å². The van der Waals surface area contributed by atoms with Gasteiger partial charge in [-0.25, -0.2) is 4.79 Å². The minimum Gasteiger partial charge on any atom is -0.463 e. The molecule has 1 heterocycles. The molecule has 0 radical (unpaired) electrons. The molecule has 5 nitrogen and oxygen atoms in total. The van der Waals surface area contributed by atoms with Crippen LogP contribution >= 0.6 is 0 Å². The molecule has 0 bridgehead atoms. The van der Waals surface area contributed by atoms with E-state index in [9.17, 15) is 9.59 Å². The summed E-state index contributed by atoms with van der Waals surface area (Å²) in [5.41, 5.74) is 1.01. The van der Waals surface area contributed by atoms with Crippen molar-refractivity contribution in [2.24, 2.45) is 0 Å². The fourth-order valence-electron chi connectivity index (χ4n) is 2.38. The molecule has 0 atom stereocenters. The van der Waals surface area contributed by atoms with Gasteiger partial charge in [-0.3, -0.25) is 4.79 Å². The summed E-state index contributed by atoms with van der Waals surface area (Å²) in [6, 6.07) is 16.8. The average molecular weight is 309 g/mol. The van der Waals surface area contributed by atoms with Gasteiger partial charge in [-0.05, 0) is 28.5 Å². The Kier molecular flexibility index (Phi) is 4.10. The van der Waals surface area contributed by atoms with Crippen molar-refractivity contribution < 1.29 is 18.7 Å². The van der Waals surface area contributed by atoms with Gasteiger partial charge in [0.15, 0.2) is 5.76 Å². The minimum absolute atomic E-state index is 0.00260. The fraction of sp³-hybridized carbons (Fsp3) is 0.111. The molecule has 0 aliphatic heterocycles. The molecule has 0 spiro atoms. The molecular weight excluding hydrogens is 294 g/mol. The highest BCUT2D eigenvalue weighted by Crippen LogP contribution is 2.18. The quantitative estimate of drug-likeness (QED) is 0.752. The first-order valence-electron chi connectivity index (χ1n) is 7.12. The zero-order valence-electron chi connectivity index (χ0n) is 12.5. The third kappa shape index (κ3) is 3.08. The van der Waals surface area contributed by atoms with Gasteiger partial charge < -0.3 is 14.5 Å². The van der Waals surface area contributed by atoms with Crippen molar-refractivity contribution in [2.45, 2.75) is 6.54 Å². The summed E-state index contributed by atoms with van der Waals surface area (Å²) in [5.74, 6) is -0.917. The van der Waals surface area contributed by atoms with Crippen molar-refractivity contribution in [1.29, 1.82) is 0 Å². The third-order valence-corrected chi connectivity index (χ3v) is 3.54. The lowest BCUT2D eigenvalue weighted by atomic mass is 10.0. The van der Waals surface area contributed by atoms with Gasteiger partial charge in [0.25, 0.3) is 5.91 Å². The van der Waals surface area contributed by atoms with E-state index in [0.29, 0.717) is 6.54 Å². The molecule has 1 aromatic heterocycles. The van der Waals surface area contributed by atoms with Gasteiger partial charge in [-0.2, -0.15) is 0 Å². The van der Waals surface area contributed by atoms with Crippen molar-refractivity contribution in [3.8, 4) is 0 Å². The second kappa shape index (κ2) is 6.36. The van der Waals surface area contributed by atoms with Crippen LogP contribution in [0.4, 0.5) is 0 Å². The zero-order chi connectivity index (χ0) is 16.2. The standard InChI is InChI=1S/C18H15NO4/c1-22-18(21)16-10-9-15(23-16)17(20)19-11-13-7-4-6-12-5-2-3-8-14(12)13/h2-10H,11H2,1H3,(H,19,20). The maximum atomic E-state index is 12.1. The Hall–Kier alpha value is -3.08. The topological polar surface area (TPSA) is 68.5 Å². The smallest absolute Gasteiger partial charge is 0.373 e. The van der Waals surface area contributed by atoms with E-state index in [4.69, 9.17) is 4.42 Å². The molecule has 3 aromatic rings. The number of rotatable bonds is 4.